The van der Waals surface area contributed by atoms with Crippen molar-refractivity contribution in [2.45, 2.75) is 90.1 Å². The number of fused-ring (bicyclic) bond motifs is 1. The molecular weight excluding hydrogens is 287 g/mol. The van der Waals surface area contributed by atoms with Gasteiger partial charge in [0, 0.05) is 6.07 Å². The molecule has 1 nitrogen and oxygen atoms in total. The summed E-state index contributed by atoms with van der Waals surface area (Å²) in [6.07, 6.45) is 12.0. The maximum atomic E-state index is 14.6. The molecule has 2 heteroatoms. The molecule has 1 heterocycles. The van der Waals surface area contributed by atoms with Crippen molar-refractivity contribution in [1.82, 2.24) is 0 Å². The number of aryl methyl sites for hydroxylation is 1. The third-order valence-corrected chi connectivity index (χ3v) is 5.95. The zero-order valence-electron chi connectivity index (χ0n) is 14.7. The molecule has 0 N–H and O–H groups in total. The van der Waals surface area contributed by atoms with Crippen LogP contribution in [-0.2, 0) is 6.42 Å². The summed E-state index contributed by atoms with van der Waals surface area (Å²) in [5.41, 5.74) is 2.18. The molecule has 0 radical (unpaired) electrons. The van der Waals surface area contributed by atoms with E-state index in [0.29, 0.717) is 5.92 Å². The lowest BCUT2D eigenvalue weighted by molar-refractivity contribution is 0.160. The van der Waals surface area contributed by atoms with E-state index in [9.17, 15) is 4.39 Å². The van der Waals surface area contributed by atoms with Gasteiger partial charge < -0.3 is 4.74 Å². The zero-order valence-corrected chi connectivity index (χ0v) is 14.7. The maximum Gasteiger partial charge on any atom is 0.130 e. The highest BCUT2D eigenvalue weighted by atomic mass is 19.1. The van der Waals surface area contributed by atoms with E-state index in [4.69, 9.17) is 4.74 Å². The van der Waals surface area contributed by atoms with Gasteiger partial charge in [0.1, 0.15) is 11.6 Å². The van der Waals surface area contributed by atoms with Crippen molar-refractivity contribution in [2.24, 2.45) is 5.92 Å². The van der Waals surface area contributed by atoms with Crippen LogP contribution >= 0.6 is 0 Å². The maximum absolute atomic E-state index is 14.6. The van der Waals surface area contributed by atoms with Gasteiger partial charge in [0.05, 0.1) is 6.10 Å². The molecule has 0 bridgehead atoms. The number of ether oxygens (including phenoxy) is 1. The quantitative estimate of drug-likeness (QED) is 0.611. The molecule has 23 heavy (non-hydrogen) atoms. The van der Waals surface area contributed by atoms with E-state index in [1.54, 1.807) is 6.07 Å². The summed E-state index contributed by atoms with van der Waals surface area (Å²) < 4.78 is 20.7. The number of rotatable bonds is 5. The van der Waals surface area contributed by atoms with E-state index < -0.39 is 0 Å². The largest absolute Gasteiger partial charge is 0.490 e. The van der Waals surface area contributed by atoms with Gasteiger partial charge in [-0.1, -0.05) is 33.1 Å². The Morgan fingerprint density at radius 3 is 2.57 bits per heavy atom. The van der Waals surface area contributed by atoms with Gasteiger partial charge >= 0.3 is 0 Å². The average Bonchev–Trinajstić information content (AvgIpc) is 2.59. The van der Waals surface area contributed by atoms with Crippen LogP contribution in [0.5, 0.6) is 5.75 Å². The second kappa shape index (κ2) is 7.68. The average molecular weight is 318 g/mol. The lowest BCUT2D eigenvalue weighted by atomic mass is 9.77. The predicted molar refractivity (Wildman–Crippen MR) is 93.7 cm³/mol. The van der Waals surface area contributed by atoms with Crippen LogP contribution in [-0.4, -0.2) is 6.10 Å². The molecule has 0 aromatic heterocycles. The van der Waals surface area contributed by atoms with Crippen LogP contribution in [0.2, 0.25) is 0 Å². The van der Waals surface area contributed by atoms with E-state index >= 15 is 0 Å². The smallest absolute Gasteiger partial charge is 0.130 e. The Morgan fingerprint density at radius 2 is 1.87 bits per heavy atom. The molecule has 1 fully saturated rings. The van der Waals surface area contributed by atoms with Crippen LogP contribution in [0.1, 0.15) is 88.7 Å². The summed E-state index contributed by atoms with van der Waals surface area (Å²) in [4.78, 5) is 0. The zero-order chi connectivity index (χ0) is 16.2. The normalized spacial score (nSPS) is 27.3. The van der Waals surface area contributed by atoms with Crippen molar-refractivity contribution in [1.29, 1.82) is 0 Å². The molecule has 0 amide bonds. The summed E-state index contributed by atoms with van der Waals surface area (Å²) in [5.74, 6) is 2.04. The van der Waals surface area contributed by atoms with Crippen LogP contribution in [0, 0.1) is 11.7 Å². The minimum Gasteiger partial charge on any atom is -0.490 e. The van der Waals surface area contributed by atoms with E-state index in [0.717, 1.165) is 49.3 Å². The minimum absolute atomic E-state index is 0.0418. The summed E-state index contributed by atoms with van der Waals surface area (Å²) in [6.45, 7) is 4.48. The van der Waals surface area contributed by atoms with Crippen LogP contribution in [0.15, 0.2) is 12.1 Å². The molecule has 1 aromatic carbocycles. The molecule has 2 aliphatic rings. The molecular formula is C21H31FO. The van der Waals surface area contributed by atoms with Gasteiger partial charge in [0.15, 0.2) is 0 Å². The molecule has 128 valence electrons. The summed E-state index contributed by atoms with van der Waals surface area (Å²) in [5, 5.41) is 0. The predicted octanol–water partition coefficient (Wildman–Crippen LogP) is 6.39. The highest BCUT2D eigenvalue weighted by Crippen LogP contribution is 2.40. The van der Waals surface area contributed by atoms with Gasteiger partial charge in [-0.15, -0.1) is 0 Å². The Balaban J connectivity index is 1.70. The van der Waals surface area contributed by atoms with Gasteiger partial charge in [-0.3, -0.25) is 0 Å². The molecule has 1 aromatic rings. The Morgan fingerprint density at radius 1 is 1.09 bits per heavy atom. The molecule has 1 aliphatic carbocycles. The van der Waals surface area contributed by atoms with Crippen molar-refractivity contribution >= 4 is 0 Å². The van der Waals surface area contributed by atoms with Gasteiger partial charge in [-0.25, -0.2) is 4.39 Å². The first kappa shape index (κ1) is 16.8. The lowest BCUT2D eigenvalue weighted by Gasteiger charge is -2.31. The highest BCUT2D eigenvalue weighted by Gasteiger charge is 2.27. The number of unbranched alkanes of at least 4 members (excludes halogenated alkanes) is 1. The SMILES string of the molecule is CCCCC1CCc2cc(C3CCC(CC)CC3)c(F)cc2O1. The third-order valence-electron chi connectivity index (χ3n) is 5.95. The Kier molecular flexibility index (Phi) is 5.61. The van der Waals surface area contributed by atoms with E-state index in [1.165, 1.54) is 37.7 Å². The van der Waals surface area contributed by atoms with Gasteiger partial charge in [-0.2, -0.15) is 0 Å². The first-order valence-corrected chi connectivity index (χ1v) is 9.70. The number of hydrogen-bond donors (Lipinski definition) is 0. The Hall–Kier alpha value is -1.05. The third kappa shape index (κ3) is 3.89. The van der Waals surface area contributed by atoms with Crippen LogP contribution in [0.25, 0.3) is 0 Å². The van der Waals surface area contributed by atoms with Gasteiger partial charge in [0.25, 0.3) is 0 Å². The molecule has 1 unspecified atom stereocenters. The second-order valence-electron chi connectivity index (χ2n) is 7.53. The first-order valence-electron chi connectivity index (χ1n) is 9.70. The van der Waals surface area contributed by atoms with Crippen LogP contribution in [0.3, 0.4) is 0 Å². The molecule has 3 rings (SSSR count). The van der Waals surface area contributed by atoms with Crippen LogP contribution in [0.4, 0.5) is 4.39 Å². The number of benzene rings is 1. The Bertz CT molecular complexity index is 517. The van der Waals surface area contributed by atoms with Crippen molar-refractivity contribution in [3.8, 4) is 5.75 Å². The summed E-state index contributed by atoms with van der Waals surface area (Å²) in [7, 11) is 0. The van der Waals surface area contributed by atoms with Gasteiger partial charge in [0.2, 0.25) is 0 Å². The summed E-state index contributed by atoms with van der Waals surface area (Å²) in [6, 6.07) is 3.80. The monoisotopic (exact) mass is 318 g/mol. The topological polar surface area (TPSA) is 9.23 Å². The van der Waals surface area contributed by atoms with E-state index in [2.05, 4.69) is 19.9 Å². The van der Waals surface area contributed by atoms with E-state index in [-0.39, 0.29) is 11.9 Å². The molecule has 1 saturated carbocycles. The van der Waals surface area contributed by atoms with Crippen molar-refractivity contribution in [2.75, 3.05) is 0 Å². The lowest BCUT2D eigenvalue weighted by Crippen LogP contribution is -2.23. The highest BCUT2D eigenvalue weighted by molar-refractivity contribution is 5.41. The minimum atomic E-state index is -0.0418. The second-order valence-corrected chi connectivity index (χ2v) is 7.53. The van der Waals surface area contributed by atoms with Crippen molar-refractivity contribution < 1.29 is 9.13 Å². The molecule has 0 saturated heterocycles. The Labute approximate surface area is 140 Å². The molecule has 1 aliphatic heterocycles. The van der Waals surface area contributed by atoms with Crippen molar-refractivity contribution in [3.63, 3.8) is 0 Å². The van der Waals surface area contributed by atoms with Crippen molar-refractivity contribution in [3.05, 3.63) is 29.1 Å². The number of hydrogen-bond acceptors (Lipinski definition) is 1. The standard InChI is InChI=1S/C21H31FO/c1-3-5-6-18-12-11-17-13-19(20(22)14-21(17)23-18)16-9-7-15(4-2)8-10-16/h13-16,18H,3-12H2,1-2H3. The van der Waals surface area contributed by atoms with Crippen LogP contribution < -0.4 is 4.74 Å². The fraction of sp³-hybridized carbons (Fsp3) is 0.714. The molecule has 0 spiro atoms. The fourth-order valence-corrected chi connectivity index (χ4v) is 4.31. The van der Waals surface area contributed by atoms with E-state index in [1.807, 2.05) is 0 Å². The van der Waals surface area contributed by atoms with Gasteiger partial charge in [-0.05, 0) is 74.0 Å². The first-order chi connectivity index (χ1) is 11.2. The fourth-order valence-electron chi connectivity index (χ4n) is 4.31. The number of halogens is 1. The molecule has 1 atom stereocenters. The summed E-state index contributed by atoms with van der Waals surface area (Å²) >= 11 is 0.